The van der Waals surface area contributed by atoms with E-state index in [-0.39, 0.29) is 11.8 Å². The highest BCUT2D eigenvalue weighted by Crippen LogP contribution is 2.30. The van der Waals surface area contributed by atoms with Gasteiger partial charge in [-0.05, 0) is 37.8 Å². The molecule has 0 aliphatic heterocycles. The Morgan fingerprint density at radius 1 is 1.50 bits per heavy atom. The molecule has 0 radical (unpaired) electrons. The summed E-state index contributed by atoms with van der Waals surface area (Å²) in [4.78, 5) is 15.3. The van der Waals surface area contributed by atoms with Gasteiger partial charge in [-0.2, -0.15) is 0 Å². The third-order valence-electron chi connectivity index (χ3n) is 3.69. The van der Waals surface area contributed by atoms with Gasteiger partial charge < -0.3 is 10.4 Å². The SMILES string of the molecule is Cc1cc(NCC2CCCCC2C(=O)O)ccn1. The van der Waals surface area contributed by atoms with Crippen LogP contribution in [-0.4, -0.2) is 22.6 Å². The Balaban J connectivity index is 1.93. The maximum Gasteiger partial charge on any atom is 0.306 e. The number of pyridine rings is 1. The summed E-state index contributed by atoms with van der Waals surface area (Å²) in [5.41, 5.74) is 2.00. The van der Waals surface area contributed by atoms with Crippen LogP contribution in [-0.2, 0) is 4.79 Å². The molecule has 0 bridgehead atoms. The number of hydrogen-bond acceptors (Lipinski definition) is 3. The third kappa shape index (κ3) is 3.22. The Morgan fingerprint density at radius 2 is 2.28 bits per heavy atom. The predicted molar refractivity (Wildman–Crippen MR) is 70.5 cm³/mol. The van der Waals surface area contributed by atoms with Crippen molar-refractivity contribution in [3.8, 4) is 0 Å². The van der Waals surface area contributed by atoms with E-state index in [0.29, 0.717) is 0 Å². The van der Waals surface area contributed by atoms with Crippen LogP contribution in [0.3, 0.4) is 0 Å². The van der Waals surface area contributed by atoms with Crippen molar-refractivity contribution in [2.24, 2.45) is 11.8 Å². The van der Waals surface area contributed by atoms with E-state index < -0.39 is 5.97 Å². The van der Waals surface area contributed by atoms with Gasteiger partial charge in [0.2, 0.25) is 0 Å². The fraction of sp³-hybridized carbons (Fsp3) is 0.571. The number of aliphatic carboxylic acids is 1. The van der Waals surface area contributed by atoms with Gasteiger partial charge in [0, 0.05) is 24.1 Å². The monoisotopic (exact) mass is 248 g/mol. The van der Waals surface area contributed by atoms with E-state index in [1.807, 2.05) is 19.1 Å². The Hall–Kier alpha value is -1.58. The normalized spacial score (nSPS) is 23.6. The van der Waals surface area contributed by atoms with Crippen LogP contribution in [0.5, 0.6) is 0 Å². The van der Waals surface area contributed by atoms with Crippen LogP contribution in [0.4, 0.5) is 5.69 Å². The van der Waals surface area contributed by atoms with Crippen LogP contribution in [0.15, 0.2) is 18.3 Å². The largest absolute Gasteiger partial charge is 0.481 e. The average Bonchev–Trinajstić information content (AvgIpc) is 2.37. The molecule has 2 N–H and O–H groups in total. The van der Waals surface area contributed by atoms with Gasteiger partial charge in [0.05, 0.1) is 5.92 Å². The van der Waals surface area contributed by atoms with Gasteiger partial charge in [-0.3, -0.25) is 9.78 Å². The van der Waals surface area contributed by atoms with E-state index in [0.717, 1.165) is 43.6 Å². The molecule has 2 unspecified atom stereocenters. The van der Waals surface area contributed by atoms with Crippen LogP contribution in [0, 0.1) is 18.8 Å². The van der Waals surface area contributed by atoms with Crippen molar-refractivity contribution in [2.45, 2.75) is 32.6 Å². The molecule has 1 aromatic rings. The second-order valence-electron chi connectivity index (χ2n) is 5.06. The van der Waals surface area contributed by atoms with E-state index in [1.165, 1.54) is 0 Å². The first kappa shape index (κ1) is 12.9. The van der Waals surface area contributed by atoms with Gasteiger partial charge in [0.15, 0.2) is 0 Å². The van der Waals surface area contributed by atoms with Crippen LogP contribution in [0.25, 0.3) is 0 Å². The van der Waals surface area contributed by atoms with Crippen molar-refractivity contribution in [3.05, 3.63) is 24.0 Å². The Morgan fingerprint density at radius 3 is 3.00 bits per heavy atom. The molecule has 0 amide bonds. The second-order valence-corrected chi connectivity index (χ2v) is 5.06. The second kappa shape index (κ2) is 5.85. The lowest BCUT2D eigenvalue weighted by molar-refractivity contribution is -0.144. The van der Waals surface area contributed by atoms with Gasteiger partial charge >= 0.3 is 5.97 Å². The van der Waals surface area contributed by atoms with Gasteiger partial charge in [-0.15, -0.1) is 0 Å². The number of nitrogens with zero attached hydrogens (tertiary/aromatic N) is 1. The molecule has 18 heavy (non-hydrogen) atoms. The number of carboxylic acid groups (broad SMARTS) is 1. The molecule has 1 aliphatic rings. The fourth-order valence-corrected chi connectivity index (χ4v) is 2.68. The lowest BCUT2D eigenvalue weighted by Crippen LogP contribution is -2.31. The summed E-state index contributed by atoms with van der Waals surface area (Å²) in [6, 6.07) is 3.91. The minimum atomic E-state index is -0.646. The Labute approximate surface area is 107 Å². The summed E-state index contributed by atoms with van der Waals surface area (Å²) >= 11 is 0. The zero-order chi connectivity index (χ0) is 13.0. The van der Waals surface area contributed by atoms with Crippen LogP contribution < -0.4 is 5.32 Å². The fourth-order valence-electron chi connectivity index (χ4n) is 2.68. The molecule has 2 rings (SSSR count). The molecule has 0 spiro atoms. The number of carboxylic acids is 1. The first-order chi connectivity index (χ1) is 8.66. The molecular formula is C14H20N2O2. The van der Waals surface area contributed by atoms with E-state index in [9.17, 15) is 9.90 Å². The van der Waals surface area contributed by atoms with Crippen LogP contribution >= 0.6 is 0 Å². The molecule has 1 fully saturated rings. The molecular weight excluding hydrogens is 228 g/mol. The molecule has 1 saturated carbocycles. The van der Waals surface area contributed by atoms with Crippen molar-refractivity contribution in [2.75, 3.05) is 11.9 Å². The first-order valence-corrected chi connectivity index (χ1v) is 6.56. The number of aryl methyl sites for hydroxylation is 1. The number of hydrogen-bond donors (Lipinski definition) is 2. The van der Waals surface area contributed by atoms with Crippen LogP contribution in [0.2, 0.25) is 0 Å². The smallest absolute Gasteiger partial charge is 0.306 e. The Bertz CT molecular complexity index is 420. The number of aromatic nitrogens is 1. The third-order valence-corrected chi connectivity index (χ3v) is 3.69. The van der Waals surface area contributed by atoms with E-state index in [4.69, 9.17) is 0 Å². The van der Waals surface area contributed by atoms with Gasteiger partial charge in [-0.25, -0.2) is 0 Å². The highest BCUT2D eigenvalue weighted by molar-refractivity contribution is 5.70. The molecule has 0 aromatic carbocycles. The topological polar surface area (TPSA) is 62.2 Å². The van der Waals surface area contributed by atoms with Gasteiger partial charge in [0.1, 0.15) is 0 Å². The van der Waals surface area contributed by atoms with Crippen molar-refractivity contribution >= 4 is 11.7 Å². The average molecular weight is 248 g/mol. The van der Waals surface area contributed by atoms with Gasteiger partial charge in [0.25, 0.3) is 0 Å². The van der Waals surface area contributed by atoms with Crippen molar-refractivity contribution in [3.63, 3.8) is 0 Å². The summed E-state index contributed by atoms with van der Waals surface area (Å²) in [7, 11) is 0. The van der Waals surface area contributed by atoms with Crippen molar-refractivity contribution in [1.82, 2.24) is 4.98 Å². The minimum absolute atomic E-state index is 0.186. The Kier molecular flexibility index (Phi) is 4.18. The quantitative estimate of drug-likeness (QED) is 0.860. The highest BCUT2D eigenvalue weighted by Gasteiger charge is 2.30. The standard InChI is InChI=1S/C14H20N2O2/c1-10-8-12(6-7-15-10)16-9-11-4-2-3-5-13(11)14(17)18/h6-8,11,13H,2-5,9H2,1H3,(H,15,16)(H,17,18). The molecule has 0 saturated heterocycles. The first-order valence-electron chi connectivity index (χ1n) is 6.56. The molecule has 1 heterocycles. The summed E-state index contributed by atoms with van der Waals surface area (Å²) in [5, 5.41) is 12.5. The maximum atomic E-state index is 11.2. The number of nitrogens with one attached hydrogen (secondary N) is 1. The van der Waals surface area contributed by atoms with Gasteiger partial charge in [-0.1, -0.05) is 12.8 Å². The van der Waals surface area contributed by atoms with E-state index in [2.05, 4.69) is 10.3 Å². The zero-order valence-corrected chi connectivity index (χ0v) is 10.7. The van der Waals surface area contributed by atoms with E-state index in [1.54, 1.807) is 6.20 Å². The van der Waals surface area contributed by atoms with Crippen LogP contribution in [0.1, 0.15) is 31.4 Å². The number of carbonyl (C=O) groups is 1. The minimum Gasteiger partial charge on any atom is -0.481 e. The lowest BCUT2D eigenvalue weighted by Gasteiger charge is -2.28. The summed E-state index contributed by atoms with van der Waals surface area (Å²) in [5.74, 6) is -0.591. The zero-order valence-electron chi connectivity index (χ0n) is 10.7. The highest BCUT2D eigenvalue weighted by atomic mass is 16.4. The molecule has 4 nitrogen and oxygen atoms in total. The molecule has 2 atom stereocenters. The molecule has 4 heteroatoms. The molecule has 1 aromatic heterocycles. The number of rotatable bonds is 4. The predicted octanol–water partition coefficient (Wildman–Crippen LogP) is 2.69. The maximum absolute atomic E-state index is 11.2. The molecule has 1 aliphatic carbocycles. The summed E-state index contributed by atoms with van der Waals surface area (Å²) < 4.78 is 0. The van der Waals surface area contributed by atoms with Crippen molar-refractivity contribution < 1.29 is 9.90 Å². The number of anilines is 1. The molecule has 98 valence electrons. The summed E-state index contributed by atoms with van der Waals surface area (Å²) in [6.07, 6.45) is 5.78. The summed E-state index contributed by atoms with van der Waals surface area (Å²) in [6.45, 7) is 2.69. The van der Waals surface area contributed by atoms with Crippen molar-refractivity contribution in [1.29, 1.82) is 0 Å². The van der Waals surface area contributed by atoms with E-state index >= 15 is 0 Å². The lowest BCUT2D eigenvalue weighted by atomic mass is 9.79.